The summed E-state index contributed by atoms with van der Waals surface area (Å²) in [6.45, 7) is 0.319. The van der Waals surface area contributed by atoms with Crippen molar-refractivity contribution in [1.82, 2.24) is 34.3 Å². The molecule has 1 unspecified atom stereocenters. The van der Waals surface area contributed by atoms with Gasteiger partial charge in [0.05, 0.1) is 18.1 Å². The molecule has 0 aliphatic carbocycles. The van der Waals surface area contributed by atoms with Crippen molar-refractivity contribution in [3.8, 4) is 5.82 Å². The third-order valence-electron chi connectivity index (χ3n) is 3.11. The fourth-order valence-electron chi connectivity index (χ4n) is 2.05. The van der Waals surface area contributed by atoms with Crippen molar-refractivity contribution in [2.75, 3.05) is 11.9 Å². The van der Waals surface area contributed by atoms with Gasteiger partial charge in [-0.3, -0.25) is 8.89 Å². The lowest BCUT2D eigenvalue weighted by atomic mass is 10.3. The predicted molar refractivity (Wildman–Crippen MR) is 86.3 cm³/mol. The first-order valence-corrected chi connectivity index (χ1v) is 8.13. The van der Waals surface area contributed by atoms with Crippen molar-refractivity contribution in [2.24, 2.45) is 7.05 Å². The largest absolute Gasteiger partial charge is 0.760 e. The van der Waals surface area contributed by atoms with Crippen molar-refractivity contribution in [3.63, 3.8) is 0 Å². The van der Waals surface area contributed by atoms with Crippen molar-refractivity contribution in [2.45, 2.75) is 6.42 Å². The number of rotatable bonds is 7. The molecule has 3 aromatic heterocycles. The normalized spacial score (nSPS) is 12.2. The van der Waals surface area contributed by atoms with E-state index in [-0.39, 0.29) is 0 Å². The van der Waals surface area contributed by atoms with Crippen molar-refractivity contribution < 1.29 is 8.76 Å². The molecule has 3 heterocycles. The minimum atomic E-state index is -2.25. The Labute approximate surface area is 140 Å². The summed E-state index contributed by atoms with van der Waals surface area (Å²) in [5, 5.41) is 11.4. The van der Waals surface area contributed by atoms with Crippen LogP contribution in [0.1, 0.15) is 5.56 Å². The third-order valence-corrected chi connectivity index (χ3v) is 3.55. The van der Waals surface area contributed by atoms with Gasteiger partial charge in [0, 0.05) is 49.5 Å². The van der Waals surface area contributed by atoms with Gasteiger partial charge in [-0.05, 0) is 12.0 Å². The second-order valence-electron chi connectivity index (χ2n) is 4.94. The Bertz CT molecular complexity index is 846. The molecule has 3 aromatic rings. The van der Waals surface area contributed by atoms with Gasteiger partial charge in [-0.25, -0.2) is 14.4 Å². The van der Waals surface area contributed by atoms with E-state index in [1.165, 1.54) is 0 Å². The van der Waals surface area contributed by atoms with E-state index in [2.05, 4.69) is 30.2 Å². The van der Waals surface area contributed by atoms with Gasteiger partial charge in [-0.1, -0.05) is 0 Å². The van der Waals surface area contributed by atoms with Crippen LogP contribution in [0, 0.1) is 0 Å². The average molecular weight is 347 g/mol. The van der Waals surface area contributed by atoms with Crippen LogP contribution in [0.25, 0.3) is 5.82 Å². The maximum absolute atomic E-state index is 10.4. The second kappa shape index (κ2) is 7.29. The van der Waals surface area contributed by atoms with Gasteiger partial charge in [-0.15, -0.1) is 0 Å². The summed E-state index contributed by atoms with van der Waals surface area (Å²) in [6, 6.07) is 1.73. The molecule has 0 spiro atoms. The summed E-state index contributed by atoms with van der Waals surface area (Å²) in [4.78, 5) is 8.56. The van der Waals surface area contributed by atoms with Crippen LogP contribution in [0.5, 0.6) is 0 Å². The van der Waals surface area contributed by atoms with Gasteiger partial charge < -0.3 is 9.87 Å². The number of nitrogens with zero attached hydrogens (tertiary/aromatic N) is 6. The second-order valence-corrected chi connectivity index (χ2v) is 5.70. The SMILES string of the molecule is Cn1cc(Nc2nccc(-n3cc(CCNS(=O)[O-])cn3)n2)cn1. The molecule has 0 saturated heterocycles. The van der Waals surface area contributed by atoms with Crippen LogP contribution in [0.2, 0.25) is 0 Å². The molecule has 10 nitrogen and oxygen atoms in total. The molecule has 0 radical (unpaired) electrons. The summed E-state index contributed by atoms with van der Waals surface area (Å²) in [5.41, 5.74) is 1.68. The average Bonchev–Trinajstić information content (AvgIpc) is 3.17. The first kappa shape index (κ1) is 16.2. The summed E-state index contributed by atoms with van der Waals surface area (Å²) in [7, 11) is 1.82. The van der Waals surface area contributed by atoms with Crippen LogP contribution >= 0.6 is 0 Å². The molecular formula is C13H15N8O2S-. The van der Waals surface area contributed by atoms with Gasteiger partial charge >= 0.3 is 0 Å². The number of nitrogens with one attached hydrogen (secondary N) is 2. The molecule has 0 saturated carbocycles. The van der Waals surface area contributed by atoms with Crippen molar-refractivity contribution in [1.29, 1.82) is 0 Å². The minimum Gasteiger partial charge on any atom is -0.760 e. The third kappa shape index (κ3) is 4.22. The number of aryl methyl sites for hydroxylation is 1. The summed E-state index contributed by atoms with van der Waals surface area (Å²) in [6.07, 6.45) is 9.13. The highest BCUT2D eigenvalue weighted by Crippen LogP contribution is 2.13. The summed E-state index contributed by atoms with van der Waals surface area (Å²) >= 11 is -2.25. The Balaban J connectivity index is 1.69. The molecule has 0 amide bonds. The van der Waals surface area contributed by atoms with E-state index in [0.717, 1.165) is 11.3 Å². The fraction of sp³-hybridized carbons (Fsp3) is 0.231. The lowest BCUT2D eigenvalue weighted by Gasteiger charge is -2.05. The summed E-state index contributed by atoms with van der Waals surface area (Å²) < 4.78 is 26.5. The van der Waals surface area contributed by atoms with E-state index >= 15 is 0 Å². The van der Waals surface area contributed by atoms with Crippen LogP contribution in [0.15, 0.2) is 37.1 Å². The molecule has 2 N–H and O–H groups in total. The number of anilines is 2. The van der Waals surface area contributed by atoms with Crippen LogP contribution in [-0.2, 0) is 24.7 Å². The van der Waals surface area contributed by atoms with E-state index in [1.54, 1.807) is 40.2 Å². The fourth-order valence-corrected chi connectivity index (χ4v) is 2.31. The van der Waals surface area contributed by atoms with E-state index in [1.807, 2.05) is 13.2 Å². The zero-order valence-electron chi connectivity index (χ0n) is 12.8. The molecule has 0 bridgehead atoms. The molecule has 24 heavy (non-hydrogen) atoms. The van der Waals surface area contributed by atoms with Gasteiger partial charge in [0.1, 0.15) is 0 Å². The number of hydrogen-bond donors (Lipinski definition) is 2. The van der Waals surface area contributed by atoms with Gasteiger partial charge in [-0.2, -0.15) is 15.2 Å². The van der Waals surface area contributed by atoms with Gasteiger partial charge in [0.25, 0.3) is 0 Å². The zero-order valence-corrected chi connectivity index (χ0v) is 13.6. The maximum atomic E-state index is 10.4. The highest BCUT2D eigenvalue weighted by Gasteiger charge is 2.05. The molecule has 126 valence electrons. The Morgan fingerprint density at radius 2 is 2.17 bits per heavy atom. The first-order chi connectivity index (χ1) is 11.6. The quantitative estimate of drug-likeness (QED) is 0.579. The maximum Gasteiger partial charge on any atom is 0.229 e. The van der Waals surface area contributed by atoms with Crippen LogP contribution in [0.4, 0.5) is 11.6 Å². The Hall–Kier alpha value is -2.63. The molecule has 1 atom stereocenters. The highest BCUT2D eigenvalue weighted by molar-refractivity contribution is 7.77. The van der Waals surface area contributed by atoms with Crippen molar-refractivity contribution >= 4 is 22.9 Å². The summed E-state index contributed by atoms with van der Waals surface area (Å²) in [5.74, 6) is 1.03. The zero-order chi connectivity index (χ0) is 16.9. The Kier molecular flexibility index (Phi) is 4.93. The van der Waals surface area contributed by atoms with E-state index in [0.29, 0.717) is 24.7 Å². The van der Waals surface area contributed by atoms with Crippen molar-refractivity contribution in [3.05, 3.63) is 42.6 Å². The number of hydrogen-bond acceptors (Lipinski definition) is 7. The smallest absolute Gasteiger partial charge is 0.229 e. The molecule has 0 aliphatic rings. The van der Waals surface area contributed by atoms with Gasteiger partial charge in [0.15, 0.2) is 5.82 Å². The van der Waals surface area contributed by atoms with Gasteiger partial charge in [0.2, 0.25) is 5.95 Å². The molecule has 0 fully saturated rings. The van der Waals surface area contributed by atoms with E-state index in [4.69, 9.17) is 0 Å². The molecule has 3 rings (SSSR count). The monoisotopic (exact) mass is 347 g/mol. The lowest BCUT2D eigenvalue weighted by molar-refractivity contribution is 0.523. The van der Waals surface area contributed by atoms with Crippen LogP contribution < -0.4 is 10.0 Å². The van der Waals surface area contributed by atoms with E-state index in [9.17, 15) is 8.76 Å². The first-order valence-electron chi connectivity index (χ1n) is 7.05. The molecule has 0 aromatic carbocycles. The Morgan fingerprint density at radius 3 is 2.92 bits per heavy atom. The predicted octanol–water partition coefficient (Wildman–Crippen LogP) is 0.0656. The highest BCUT2D eigenvalue weighted by atomic mass is 32.2. The Morgan fingerprint density at radius 1 is 1.29 bits per heavy atom. The topological polar surface area (TPSA) is 126 Å². The standard InChI is InChI=1S/C13H16N8O2S/c1-20-9-11(7-15-20)18-13-14-4-3-12(19-13)21-8-10(6-16-21)2-5-17-24(22)23/h3-4,6-9,17H,2,5H2,1H3,(H,22,23)(H,14,18,19)/p-1. The number of aromatic nitrogens is 6. The molecule has 11 heteroatoms. The van der Waals surface area contributed by atoms with E-state index < -0.39 is 11.3 Å². The minimum absolute atomic E-state index is 0.319. The lowest BCUT2D eigenvalue weighted by Crippen LogP contribution is -2.19. The van der Waals surface area contributed by atoms with Crippen LogP contribution in [-0.4, -0.2) is 44.8 Å². The van der Waals surface area contributed by atoms with Crippen LogP contribution in [0.3, 0.4) is 0 Å². The molecular weight excluding hydrogens is 332 g/mol. The molecule has 0 aliphatic heterocycles.